The molecule has 6 nitrogen and oxygen atoms in total. The minimum atomic E-state index is -5.30. The molecule has 0 saturated carbocycles. The molecule has 0 radical (unpaired) electrons. The van der Waals surface area contributed by atoms with Crippen molar-refractivity contribution in [2.45, 2.75) is 78.7 Å². The summed E-state index contributed by atoms with van der Waals surface area (Å²) in [6, 6.07) is 9.70. The van der Waals surface area contributed by atoms with Gasteiger partial charge in [0.15, 0.2) is 0 Å². The van der Waals surface area contributed by atoms with Gasteiger partial charge in [-0.05, 0) is 72.8 Å². The molecule has 35 heavy (non-hydrogen) atoms. The summed E-state index contributed by atoms with van der Waals surface area (Å²) in [7, 11) is -9.78. The molecule has 0 heterocycles. The maximum atomic E-state index is 12.7. The molecule has 0 aromatic heterocycles. The second-order valence-corrected chi connectivity index (χ2v) is 15.4. The van der Waals surface area contributed by atoms with Gasteiger partial charge >= 0.3 is 0 Å². The zero-order valence-electron chi connectivity index (χ0n) is 22.2. The van der Waals surface area contributed by atoms with E-state index in [-0.39, 0.29) is 12.7 Å². The summed E-state index contributed by atoms with van der Waals surface area (Å²) >= 11 is 0. The molecule has 0 amide bonds. The smallest absolute Gasteiger partial charge is 0.0331 e. The van der Waals surface area contributed by atoms with Crippen molar-refractivity contribution in [3.05, 3.63) is 70.8 Å². The van der Waals surface area contributed by atoms with Gasteiger partial charge in [0.1, 0.15) is 0 Å². The topological polar surface area (TPSA) is 107 Å². The number of hydrogen-bond donors (Lipinski definition) is 0. The van der Waals surface area contributed by atoms with Gasteiger partial charge in [0.25, 0.3) is 0 Å². The molecule has 1 rings (SSSR count). The third-order valence-corrected chi connectivity index (χ3v) is 11.7. The van der Waals surface area contributed by atoms with Crippen LogP contribution in [0.25, 0.3) is 0 Å². The normalized spacial score (nSPS) is 15.3. The van der Waals surface area contributed by atoms with Crippen molar-refractivity contribution in [1.29, 1.82) is 0 Å². The van der Waals surface area contributed by atoms with E-state index in [1.165, 1.54) is 16.7 Å². The van der Waals surface area contributed by atoms with Crippen molar-refractivity contribution in [1.82, 2.24) is 4.90 Å². The largest absolute Gasteiger partial charge is 0.810 e. The molecule has 0 aliphatic carbocycles. The van der Waals surface area contributed by atoms with Gasteiger partial charge < -0.3 is 23.8 Å². The summed E-state index contributed by atoms with van der Waals surface area (Å²) in [5, 5.41) is 0. The van der Waals surface area contributed by atoms with E-state index in [0.717, 1.165) is 45.1 Å². The Kier molecular flexibility index (Phi) is 13.1. The molecule has 0 N–H and O–H groups in total. The van der Waals surface area contributed by atoms with Crippen LogP contribution >= 0.6 is 15.0 Å². The Morgan fingerprint density at radius 3 is 1.97 bits per heavy atom. The average molecular weight is 523 g/mol. The number of hydrogen-bond acceptors (Lipinski definition) is 6. The number of nitrogens with zero attached hydrogens (tertiary/aromatic N) is 1. The van der Waals surface area contributed by atoms with Gasteiger partial charge in [-0.2, -0.15) is 0 Å². The quantitative estimate of drug-likeness (QED) is 0.232. The summed E-state index contributed by atoms with van der Waals surface area (Å²) in [6.07, 6.45) is 10.2. The monoisotopic (exact) mass is 522 g/mol. The van der Waals surface area contributed by atoms with E-state index in [1.807, 2.05) is 35.2 Å². The second kappa shape index (κ2) is 14.5. The van der Waals surface area contributed by atoms with Crippen molar-refractivity contribution in [3.8, 4) is 0 Å². The molecule has 0 fully saturated rings. The van der Waals surface area contributed by atoms with Crippen LogP contribution in [0.4, 0.5) is 0 Å². The van der Waals surface area contributed by atoms with E-state index in [9.17, 15) is 23.8 Å². The highest BCUT2D eigenvalue weighted by atomic mass is 31.2. The highest BCUT2D eigenvalue weighted by Gasteiger charge is 2.34. The van der Waals surface area contributed by atoms with Gasteiger partial charge in [-0.25, -0.2) is 0 Å². The Labute approximate surface area is 212 Å². The maximum Gasteiger partial charge on any atom is 0.0331 e. The first-order valence-electron chi connectivity index (χ1n) is 12.2. The Morgan fingerprint density at radius 1 is 0.886 bits per heavy atom. The number of allylic oxidation sites excluding steroid dienone is 5. The second-order valence-electron chi connectivity index (χ2n) is 10.1. The molecule has 8 heteroatoms. The first-order chi connectivity index (χ1) is 16.2. The lowest BCUT2D eigenvalue weighted by atomic mass is 10.1. The summed E-state index contributed by atoms with van der Waals surface area (Å²) in [5.74, 6) is 0. The van der Waals surface area contributed by atoms with Crippen molar-refractivity contribution in [2.75, 3.05) is 19.3 Å². The van der Waals surface area contributed by atoms with Gasteiger partial charge in [-0.3, -0.25) is 4.90 Å². The van der Waals surface area contributed by atoms with Crippen molar-refractivity contribution < 1.29 is 23.8 Å². The molecular weight excluding hydrogens is 480 g/mol. The average Bonchev–Trinajstić information content (AvgIpc) is 2.75. The molecule has 0 aliphatic rings. The Hall–Kier alpha value is -1.26. The minimum absolute atomic E-state index is 0.145. The molecule has 198 valence electrons. The summed E-state index contributed by atoms with van der Waals surface area (Å²) in [6.45, 7) is 11.6. The van der Waals surface area contributed by atoms with Crippen LogP contribution in [0.15, 0.2) is 65.3 Å². The molecule has 0 saturated heterocycles. The number of benzene rings is 1. The molecule has 1 aromatic rings. The van der Waals surface area contributed by atoms with E-state index >= 15 is 0 Å². The molecule has 1 unspecified atom stereocenters. The van der Waals surface area contributed by atoms with E-state index in [4.69, 9.17) is 0 Å². The molecule has 0 aliphatic heterocycles. The first kappa shape index (κ1) is 31.8. The van der Waals surface area contributed by atoms with E-state index in [1.54, 1.807) is 0 Å². The van der Waals surface area contributed by atoms with Gasteiger partial charge in [-0.1, -0.05) is 72.9 Å². The molecule has 0 spiro atoms. The van der Waals surface area contributed by atoms with E-state index < -0.39 is 19.9 Å². The lowest BCUT2D eigenvalue weighted by molar-refractivity contribution is -0.318. The zero-order valence-corrected chi connectivity index (χ0v) is 23.9. The SMILES string of the molecule is CC(C)=CCC/C(C)=C/CC/C(C)=C/CN(CCP(=O)([O-])C(C)(C)P(=O)([O-])[O-])Cc1ccccc1. The van der Waals surface area contributed by atoms with E-state index in [2.05, 4.69) is 45.9 Å². The van der Waals surface area contributed by atoms with Crippen molar-refractivity contribution in [3.63, 3.8) is 0 Å². The van der Waals surface area contributed by atoms with Crippen molar-refractivity contribution >= 4 is 15.0 Å². The molecule has 1 atom stereocenters. The fourth-order valence-corrected chi connectivity index (χ4v) is 6.32. The zero-order chi connectivity index (χ0) is 26.7. The lowest BCUT2D eigenvalue weighted by Crippen LogP contribution is -2.40. The fraction of sp³-hybridized carbons (Fsp3) is 0.556. The molecular formula is C27H42NO5P2-3. The van der Waals surface area contributed by atoms with Crippen LogP contribution in [0.2, 0.25) is 0 Å². The fourth-order valence-electron chi connectivity index (χ4n) is 3.43. The third-order valence-electron chi connectivity index (χ3n) is 6.28. The third kappa shape index (κ3) is 11.6. The minimum Gasteiger partial charge on any atom is -0.810 e. The summed E-state index contributed by atoms with van der Waals surface area (Å²) in [5.41, 5.74) is 4.96. The van der Waals surface area contributed by atoms with Gasteiger partial charge in [0, 0.05) is 38.1 Å². The van der Waals surface area contributed by atoms with Crippen LogP contribution in [0.1, 0.15) is 72.8 Å². The van der Waals surface area contributed by atoms with E-state index in [0.29, 0.717) is 13.1 Å². The van der Waals surface area contributed by atoms with Crippen LogP contribution in [0.3, 0.4) is 0 Å². The Morgan fingerprint density at radius 2 is 1.43 bits per heavy atom. The van der Waals surface area contributed by atoms with Crippen LogP contribution < -0.4 is 14.7 Å². The van der Waals surface area contributed by atoms with Crippen LogP contribution in [-0.4, -0.2) is 29.0 Å². The van der Waals surface area contributed by atoms with Crippen LogP contribution in [0.5, 0.6) is 0 Å². The Bertz CT molecular complexity index is 973. The molecule has 0 bridgehead atoms. The summed E-state index contributed by atoms with van der Waals surface area (Å²) in [4.78, 5) is 35.5. The molecule has 1 aromatic carbocycles. The van der Waals surface area contributed by atoms with Crippen molar-refractivity contribution in [2.24, 2.45) is 0 Å². The Balaban J connectivity index is 2.81. The summed E-state index contributed by atoms with van der Waals surface area (Å²) < 4.78 is 24.3. The van der Waals surface area contributed by atoms with Gasteiger partial charge in [0.05, 0.1) is 0 Å². The highest BCUT2D eigenvalue weighted by Crippen LogP contribution is 2.64. The number of rotatable bonds is 15. The van der Waals surface area contributed by atoms with Gasteiger partial charge in [0.2, 0.25) is 0 Å². The van der Waals surface area contributed by atoms with Gasteiger partial charge in [-0.15, -0.1) is 0 Å². The first-order valence-corrected chi connectivity index (χ1v) is 15.5. The predicted octanol–water partition coefficient (Wildman–Crippen LogP) is 5.20. The highest BCUT2D eigenvalue weighted by molar-refractivity contribution is 7.73. The predicted molar refractivity (Wildman–Crippen MR) is 141 cm³/mol. The van der Waals surface area contributed by atoms with Crippen LogP contribution in [-0.2, 0) is 15.7 Å². The standard InChI is InChI=1S/C27H45NO5P2/c1-23(2)12-10-13-24(3)14-11-15-25(4)18-19-28(22-26-16-8-7-9-17-26)20-21-34(29,30)27(5,6)35(31,32)33/h7-9,12,14,16-18H,10-11,13,15,19-22H2,1-6H3,(H,29,30)(H2,31,32,33)/p-3/b24-14+,25-18+. The van der Waals surface area contributed by atoms with Crippen LogP contribution in [0, 0.1) is 0 Å². The lowest BCUT2D eigenvalue weighted by Gasteiger charge is -2.52. The maximum absolute atomic E-state index is 12.7.